The number of hydrogen-bond acceptors (Lipinski definition) is 6. The first-order chi connectivity index (χ1) is 15.0. The first kappa shape index (κ1) is 23.7. The molecule has 0 bridgehead atoms. The van der Waals surface area contributed by atoms with Crippen molar-refractivity contribution in [1.29, 1.82) is 0 Å². The van der Waals surface area contributed by atoms with Crippen molar-refractivity contribution in [3.05, 3.63) is 59.2 Å². The van der Waals surface area contributed by atoms with Crippen molar-refractivity contribution < 1.29 is 40.7 Å². The standard InChI is InChI=1S/C20H19F3N2O6S/c1-30-19(27)16-7-4-14(20(21,22)23)12-17(16)24-18(26)13-2-5-15(6-3-13)32(28,29)25-8-10-31-11-9-25/h2-7,12H,8-11H2,1H3,(H,24,26). The molecule has 3 rings (SSSR count). The van der Waals surface area contributed by atoms with Crippen molar-refractivity contribution in [3.63, 3.8) is 0 Å². The lowest BCUT2D eigenvalue weighted by Crippen LogP contribution is -2.40. The van der Waals surface area contributed by atoms with E-state index < -0.39 is 33.6 Å². The number of carbonyl (C=O) groups excluding carboxylic acids is 2. The highest BCUT2D eigenvalue weighted by molar-refractivity contribution is 7.89. The molecule has 2 aromatic carbocycles. The van der Waals surface area contributed by atoms with Gasteiger partial charge in [0.15, 0.2) is 0 Å². The van der Waals surface area contributed by atoms with Gasteiger partial charge < -0.3 is 14.8 Å². The van der Waals surface area contributed by atoms with Crippen LogP contribution in [0.15, 0.2) is 47.4 Å². The number of alkyl halides is 3. The van der Waals surface area contributed by atoms with E-state index in [-0.39, 0.29) is 48.0 Å². The fourth-order valence-electron chi connectivity index (χ4n) is 3.02. The maximum atomic E-state index is 13.1. The number of amides is 1. The van der Waals surface area contributed by atoms with Crippen LogP contribution in [0.5, 0.6) is 0 Å². The molecule has 0 radical (unpaired) electrons. The van der Waals surface area contributed by atoms with Crippen LogP contribution in [-0.4, -0.2) is 58.0 Å². The highest BCUT2D eigenvalue weighted by atomic mass is 32.2. The number of benzene rings is 2. The summed E-state index contributed by atoms with van der Waals surface area (Å²) in [6.07, 6.45) is -4.69. The van der Waals surface area contributed by atoms with Crippen molar-refractivity contribution in [2.45, 2.75) is 11.1 Å². The van der Waals surface area contributed by atoms with Gasteiger partial charge in [0.05, 0.1) is 42.0 Å². The fourth-order valence-corrected chi connectivity index (χ4v) is 4.43. The Hall–Kier alpha value is -2.96. The minimum absolute atomic E-state index is 0.0147. The molecular weight excluding hydrogens is 453 g/mol. The van der Waals surface area contributed by atoms with Crippen LogP contribution < -0.4 is 5.32 Å². The van der Waals surface area contributed by atoms with Gasteiger partial charge in [0.25, 0.3) is 5.91 Å². The van der Waals surface area contributed by atoms with E-state index in [4.69, 9.17) is 4.74 Å². The Morgan fingerprint density at radius 2 is 1.69 bits per heavy atom. The Balaban J connectivity index is 1.85. The largest absolute Gasteiger partial charge is 0.465 e. The lowest BCUT2D eigenvalue weighted by atomic mass is 10.1. The SMILES string of the molecule is COC(=O)c1ccc(C(F)(F)F)cc1NC(=O)c1ccc(S(=O)(=O)N2CCOCC2)cc1. The number of rotatable bonds is 5. The second-order valence-corrected chi connectivity index (χ2v) is 8.68. The molecule has 0 unspecified atom stereocenters. The van der Waals surface area contributed by atoms with Gasteiger partial charge in [-0.25, -0.2) is 13.2 Å². The van der Waals surface area contributed by atoms with Crippen LogP contribution >= 0.6 is 0 Å². The molecule has 2 aromatic rings. The second-order valence-electron chi connectivity index (χ2n) is 6.74. The molecule has 0 aromatic heterocycles. The minimum Gasteiger partial charge on any atom is -0.465 e. The summed E-state index contributed by atoms with van der Waals surface area (Å²) >= 11 is 0. The van der Waals surface area contributed by atoms with E-state index in [2.05, 4.69) is 10.1 Å². The number of nitrogens with zero attached hydrogens (tertiary/aromatic N) is 1. The fraction of sp³-hybridized carbons (Fsp3) is 0.300. The van der Waals surface area contributed by atoms with Crippen LogP contribution in [0.25, 0.3) is 0 Å². The molecule has 1 N–H and O–H groups in total. The number of halogens is 3. The van der Waals surface area contributed by atoms with E-state index in [9.17, 15) is 31.2 Å². The normalized spacial score (nSPS) is 15.2. The summed E-state index contributed by atoms with van der Waals surface area (Å²) in [6, 6.07) is 7.15. The highest BCUT2D eigenvalue weighted by Gasteiger charge is 2.32. The van der Waals surface area contributed by atoms with Gasteiger partial charge in [-0.05, 0) is 42.5 Å². The van der Waals surface area contributed by atoms with Crippen LogP contribution in [0.4, 0.5) is 18.9 Å². The van der Waals surface area contributed by atoms with Gasteiger partial charge in [0.1, 0.15) is 0 Å². The Labute approximate surface area is 182 Å². The Morgan fingerprint density at radius 3 is 2.25 bits per heavy atom. The summed E-state index contributed by atoms with van der Waals surface area (Å²) in [5.74, 6) is -1.76. The molecule has 1 aliphatic rings. The highest BCUT2D eigenvalue weighted by Crippen LogP contribution is 2.32. The third kappa shape index (κ3) is 5.09. The van der Waals surface area contributed by atoms with Gasteiger partial charge in [-0.1, -0.05) is 0 Å². The molecule has 0 spiro atoms. The van der Waals surface area contributed by atoms with Crippen LogP contribution in [0.1, 0.15) is 26.3 Å². The number of methoxy groups -OCH3 is 1. The summed E-state index contributed by atoms with van der Waals surface area (Å²) < 4.78 is 75.4. The van der Waals surface area contributed by atoms with E-state index in [1.54, 1.807) is 0 Å². The molecule has 1 amide bonds. The number of nitrogens with one attached hydrogen (secondary N) is 1. The molecule has 1 aliphatic heterocycles. The van der Waals surface area contributed by atoms with Gasteiger partial charge in [0, 0.05) is 18.7 Å². The molecule has 8 nitrogen and oxygen atoms in total. The average molecular weight is 472 g/mol. The Kier molecular flexibility index (Phi) is 6.86. The maximum absolute atomic E-state index is 13.1. The lowest BCUT2D eigenvalue weighted by molar-refractivity contribution is -0.137. The zero-order chi connectivity index (χ0) is 23.5. The summed E-state index contributed by atoms with van der Waals surface area (Å²) in [4.78, 5) is 24.4. The zero-order valence-electron chi connectivity index (χ0n) is 16.8. The minimum atomic E-state index is -4.69. The van der Waals surface area contributed by atoms with Crippen molar-refractivity contribution in [3.8, 4) is 0 Å². The number of anilines is 1. The van der Waals surface area contributed by atoms with E-state index >= 15 is 0 Å². The predicted molar refractivity (Wildman–Crippen MR) is 107 cm³/mol. The van der Waals surface area contributed by atoms with Gasteiger partial charge in [-0.15, -0.1) is 0 Å². The van der Waals surface area contributed by atoms with Crippen molar-refractivity contribution in [1.82, 2.24) is 4.31 Å². The van der Waals surface area contributed by atoms with E-state index in [0.717, 1.165) is 13.2 Å². The maximum Gasteiger partial charge on any atom is 0.416 e. The van der Waals surface area contributed by atoms with Crippen molar-refractivity contribution in [2.75, 3.05) is 38.7 Å². The molecule has 1 fully saturated rings. The lowest BCUT2D eigenvalue weighted by Gasteiger charge is -2.26. The van der Waals surface area contributed by atoms with E-state index in [0.29, 0.717) is 12.1 Å². The molecule has 172 valence electrons. The van der Waals surface area contributed by atoms with Gasteiger partial charge >= 0.3 is 12.1 Å². The first-order valence-electron chi connectivity index (χ1n) is 9.33. The topological polar surface area (TPSA) is 102 Å². The number of hydrogen-bond donors (Lipinski definition) is 1. The second kappa shape index (κ2) is 9.27. The van der Waals surface area contributed by atoms with Crippen LogP contribution in [0.2, 0.25) is 0 Å². The number of carbonyl (C=O) groups is 2. The Bertz CT molecular complexity index is 1110. The van der Waals surface area contributed by atoms with Gasteiger partial charge in [0.2, 0.25) is 10.0 Å². The quantitative estimate of drug-likeness (QED) is 0.672. The molecule has 0 saturated carbocycles. The van der Waals surface area contributed by atoms with Gasteiger partial charge in [-0.3, -0.25) is 4.79 Å². The predicted octanol–water partition coefficient (Wildman–Crippen LogP) is 2.77. The van der Waals surface area contributed by atoms with Crippen LogP contribution in [0.3, 0.4) is 0 Å². The smallest absolute Gasteiger partial charge is 0.416 e. The summed E-state index contributed by atoms with van der Waals surface area (Å²) in [7, 11) is -2.72. The molecule has 1 saturated heterocycles. The summed E-state index contributed by atoms with van der Waals surface area (Å²) in [5.41, 5.74) is -1.73. The zero-order valence-corrected chi connectivity index (χ0v) is 17.6. The van der Waals surface area contributed by atoms with Crippen molar-refractivity contribution in [2.24, 2.45) is 0 Å². The third-order valence-electron chi connectivity index (χ3n) is 4.72. The number of sulfonamides is 1. The van der Waals surface area contributed by atoms with E-state index in [1.165, 1.54) is 28.6 Å². The Morgan fingerprint density at radius 1 is 1.06 bits per heavy atom. The average Bonchev–Trinajstić information content (AvgIpc) is 2.78. The van der Waals surface area contributed by atoms with Gasteiger partial charge in [-0.2, -0.15) is 17.5 Å². The van der Waals surface area contributed by atoms with E-state index in [1.807, 2.05) is 0 Å². The molecule has 0 aliphatic carbocycles. The molecule has 1 heterocycles. The van der Waals surface area contributed by atoms with Crippen molar-refractivity contribution >= 4 is 27.6 Å². The molecular formula is C20H19F3N2O6S. The number of morpholine rings is 1. The molecule has 12 heteroatoms. The summed E-state index contributed by atoms with van der Waals surface area (Å²) in [5, 5.41) is 2.26. The summed E-state index contributed by atoms with van der Waals surface area (Å²) in [6.45, 7) is 0.964. The number of esters is 1. The molecule has 32 heavy (non-hydrogen) atoms. The monoisotopic (exact) mass is 472 g/mol. The first-order valence-corrected chi connectivity index (χ1v) is 10.8. The number of ether oxygens (including phenoxy) is 2. The third-order valence-corrected chi connectivity index (χ3v) is 6.64. The van der Waals surface area contributed by atoms with Crippen LogP contribution in [-0.2, 0) is 25.7 Å². The molecule has 0 atom stereocenters. The van der Waals surface area contributed by atoms with Crippen LogP contribution in [0, 0.1) is 0 Å².